The first-order valence-corrected chi connectivity index (χ1v) is 13.7. The van der Waals surface area contributed by atoms with Gasteiger partial charge in [-0.3, -0.25) is 15.0 Å². The van der Waals surface area contributed by atoms with E-state index in [0.717, 1.165) is 44.7 Å². The van der Waals surface area contributed by atoms with Crippen molar-refractivity contribution in [3.05, 3.63) is 78.5 Å². The van der Waals surface area contributed by atoms with Gasteiger partial charge in [0.1, 0.15) is 23.1 Å². The molecule has 0 spiro atoms. The van der Waals surface area contributed by atoms with Crippen LogP contribution in [0.1, 0.15) is 16.8 Å². The molecule has 5 rings (SSSR count). The molecule has 3 aromatic carbocycles. The lowest BCUT2D eigenvalue weighted by molar-refractivity contribution is 0.0374. The van der Waals surface area contributed by atoms with Crippen LogP contribution in [-0.4, -0.2) is 73.5 Å². The standard InChI is InChI=1S/C31H33N5O6/c1-40-24-18-21(30(37)33-10-4-12-36-13-15-41-16-14-36)17-22(19-24)34-29-20-23(9-11-32-29)42-28-8-7-27(35-31(38)39)25-5-2-3-6-26(25)28/h2-3,5-9,11,17-20,35H,4,10,12-16H2,1H3,(H,32,34)(H,33,37)(H,38,39). The molecule has 0 unspecified atom stereocenters. The molecule has 1 saturated heterocycles. The highest BCUT2D eigenvalue weighted by atomic mass is 16.5. The maximum atomic E-state index is 12.9. The van der Waals surface area contributed by atoms with E-state index < -0.39 is 6.09 Å². The van der Waals surface area contributed by atoms with Crippen molar-refractivity contribution in [1.82, 2.24) is 15.2 Å². The first kappa shape index (κ1) is 28.7. The van der Waals surface area contributed by atoms with Crippen LogP contribution in [0.25, 0.3) is 10.8 Å². The van der Waals surface area contributed by atoms with E-state index >= 15 is 0 Å². The van der Waals surface area contributed by atoms with Gasteiger partial charge in [-0.25, -0.2) is 9.78 Å². The molecule has 218 valence electrons. The molecule has 4 N–H and O–H groups in total. The highest BCUT2D eigenvalue weighted by Gasteiger charge is 2.13. The highest BCUT2D eigenvalue weighted by molar-refractivity contribution is 6.02. The van der Waals surface area contributed by atoms with Crippen molar-refractivity contribution < 1.29 is 28.9 Å². The van der Waals surface area contributed by atoms with Gasteiger partial charge in [0, 0.05) is 60.0 Å². The topological polar surface area (TPSA) is 134 Å². The van der Waals surface area contributed by atoms with E-state index in [2.05, 4.69) is 25.8 Å². The van der Waals surface area contributed by atoms with Crippen LogP contribution in [0.3, 0.4) is 0 Å². The van der Waals surface area contributed by atoms with Gasteiger partial charge in [-0.1, -0.05) is 24.3 Å². The highest BCUT2D eigenvalue weighted by Crippen LogP contribution is 2.35. The minimum atomic E-state index is -1.14. The van der Waals surface area contributed by atoms with Crippen LogP contribution in [-0.2, 0) is 4.74 Å². The first-order chi connectivity index (χ1) is 20.5. The minimum Gasteiger partial charge on any atom is -0.497 e. The zero-order valence-electron chi connectivity index (χ0n) is 23.3. The number of morpholine rings is 1. The van der Waals surface area contributed by atoms with E-state index in [1.165, 1.54) is 0 Å². The smallest absolute Gasteiger partial charge is 0.409 e. The fourth-order valence-electron chi connectivity index (χ4n) is 4.75. The number of nitrogens with one attached hydrogen (secondary N) is 3. The van der Waals surface area contributed by atoms with Crippen LogP contribution in [0.2, 0.25) is 0 Å². The number of hydrogen-bond acceptors (Lipinski definition) is 8. The summed E-state index contributed by atoms with van der Waals surface area (Å²) in [6, 6.07) is 19.5. The number of hydrogen-bond donors (Lipinski definition) is 4. The monoisotopic (exact) mass is 571 g/mol. The van der Waals surface area contributed by atoms with Gasteiger partial charge in [-0.15, -0.1) is 0 Å². The van der Waals surface area contributed by atoms with E-state index in [9.17, 15) is 9.59 Å². The lowest BCUT2D eigenvalue weighted by Crippen LogP contribution is -2.38. The van der Waals surface area contributed by atoms with Crippen LogP contribution < -0.4 is 25.4 Å². The summed E-state index contributed by atoms with van der Waals surface area (Å²) >= 11 is 0. The number of rotatable bonds is 11. The largest absolute Gasteiger partial charge is 0.497 e. The molecular formula is C31H33N5O6. The Kier molecular flexibility index (Phi) is 9.32. The van der Waals surface area contributed by atoms with Gasteiger partial charge in [0.05, 0.1) is 26.0 Å². The van der Waals surface area contributed by atoms with E-state index in [0.29, 0.717) is 51.9 Å². The predicted molar refractivity (Wildman–Crippen MR) is 160 cm³/mol. The van der Waals surface area contributed by atoms with Crippen molar-refractivity contribution in [2.75, 3.05) is 57.1 Å². The molecule has 1 fully saturated rings. The molecule has 0 bridgehead atoms. The molecule has 0 saturated carbocycles. The predicted octanol–water partition coefficient (Wildman–Crippen LogP) is 5.32. The fourth-order valence-corrected chi connectivity index (χ4v) is 4.75. The van der Waals surface area contributed by atoms with Crippen LogP contribution in [0, 0.1) is 0 Å². The van der Waals surface area contributed by atoms with Crippen molar-refractivity contribution in [2.24, 2.45) is 0 Å². The lowest BCUT2D eigenvalue weighted by atomic mass is 10.1. The number of pyridine rings is 1. The normalized spacial score (nSPS) is 13.4. The number of carbonyl (C=O) groups is 2. The summed E-state index contributed by atoms with van der Waals surface area (Å²) in [4.78, 5) is 30.8. The molecule has 11 heteroatoms. The summed E-state index contributed by atoms with van der Waals surface area (Å²) < 4.78 is 17.0. The molecule has 0 radical (unpaired) electrons. The van der Waals surface area contributed by atoms with Crippen molar-refractivity contribution in [3.63, 3.8) is 0 Å². The second-order valence-corrected chi connectivity index (χ2v) is 9.70. The van der Waals surface area contributed by atoms with Crippen molar-refractivity contribution in [3.8, 4) is 17.2 Å². The zero-order chi connectivity index (χ0) is 29.3. The number of anilines is 3. The summed E-state index contributed by atoms with van der Waals surface area (Å²) in [5.41, 5.74) is 1.57. The number of aromatic nitrogens is 1. The Morgan fingerprint density at radius 3 is 2.60 bits per heavy atom. The number of methoxy groups -OCH3 is 1. The molecular weight excluding hydrogens is 538 g/mol. The molecule has 1 aromatic heterocycles. The summed E-state index contributed by atoms with van der Waals surface area (Å²) in [6.45, 7) is 4.84. The van der Waals surface area contributed by atoms with Gasteiger partial charge in [0.2, 0.25) is 0 Å². The Morgan fingerprint density at radius 1 is 1.00 bits per heavy atom. The number of carbonyl (C=O) groups excluding carboxylic acids is 1. The second-order valence-electron chi connectivity index (χ2n) is 9.70. The molecule has 0 atom stereocenters. The average Bonchev–Trinajstić information content (AvgIpc) is 3.01. The number of fused-ring (bicyclic) bond motifs is 1. The Labute approximate surface area is 243 Å². The van der Waals surface area contributed by atoms with Crippen LogP contribution in [0.5, 0.6) is 17.2 Å². The maximum absolute atomic E-state index is 12.9. The van der Waals surface area contributed by atoms with E-state index in [-0.39, 0.29) is 5.91 Å². The third-order valence-corrected chi connectivity index (χ3v) is 6.80. The van der Waals surface area contributed by atoms with E-state index in [1.54, 1.807) is 55.8 Å². The van der Waals surface area contributed by atoms with Gasteiger partial charge in [-0.2, -0.15) is 0 Å². The quantitative estimate of drug-likeness (QED) is 0.176. The second kappa shape index (κ2) is 13.7. The molecule has 42 heavy (non-hydrogen) atoms. The lowest BCUT2D eigenvalue weighted by Gasteiger charge is -2.26. The summed E-state index contributed by atoms with van der Waals surface area (Å²) in [7, 11) is 1.55. The van der Waals surface area contributed by atoms with Crippen LogP contribution in [0.15, 0.2) is 72.9 Å². The van der Waals surface area contributed by atoms with Crippen molar-refractivity contribution in [1.29, 1.82) is 0 Å². The van der Waals surface area contributed by atoms with Gasteiger partial charge < -0.3 is 30.0 Å². The molecule has 2 heterocycles. The van der Waals surface area contributed by atoms with Crippen LogP contribution >= 0.6 is 0 Å². The summed E-state index contributed by atoms with van der Waals surface area (Å²) in [6.07, 6.45) is 1.33. The Balaban J connectivity index is 1.26. The van der Waals surface area contributed by atoms with E-state index in [1.807, 2.05) is 24.3 Å². The Hall–Kier alpha value is -4.87. The van der Waals surface area contributed by atoms with Gasteiger partial charge >= 0.3 is 6.09 Å². The third kappa shape index (κ3) is 7.45. The SMILES string of the molecule is COc1cc(Nc2cc(Oc3ccc(NC(=O)O)c4ccccc34)ccn2)cc(C(=O)NCCCN2CCOCC2)c1. The van der Waals surface area contributed by atoms with Crippen molar-refractivity contribution >= 4 is 40.0 Å². The molecule has 2 amide bonds. The minimum absolute atomic E-state index is 0.184. The molecule has 0 aliphatic carbocycles. The Bertz CT molecular complexity index is 1560. The number of benzene rings is 3. The number of carboxylic acid groups (broad SMARTS) is 1. The third-order valence-electron chi connectivity index (χ3n) is 6.80. The average molecular weight is 572 g/mol. The maximum Gasteiger partial charge on any atom is 0.409 e. The molecule has 1 aliphatic heterocycles. The van der Waals surface area contributed by atoms with E-state index in [4.69, 9.17) is 19.3 Å². The molecule has 1 aliphatic rings. The molecule has 11 nitrogen and oxygen atoms in total. The number of amides is 2. The Morgan fingerprint density at radius 2 is 1.81 bits per heavy atom. The fraction of sp³-hybridized carbons (Fsp3) is 0.258. The van der Waals surface area contributed by atoms with Crippen molar-refractivity contribution in [2.45, 2.75) is 6.42 Å². The summed E-state index contributed by atoms with van der Waals surface area (Å²) in [5, 5.41) is 19.3. The first-order valence-electron chi connectivity index (χ1n) is 13.7. The number of nitrogens with zero attached hydrogens (tertiary/aromatic N) is 2. The van der Waals surface area contributed by atoms with Gasteiger partial charge in [-0.05, 0) is 43.3 Å². The molecule has 4 aromatic rings. The number of ether oxygens (including phenoxy) is 3. The van der Waals surface area contributed by atoms with Crippen LogP contribution in [0.4, 0.5) is 22.0 Å². The zero-order valence-corrected chi connectivity index (χ0v) is 23.3. The summed E-state index contributed by atoms with van der Waals surface area (Å²) in [5.74, 6) is 1.94. The van der Waals surface area contributed by atoms with Gasteiger partial charge in [0.15, 0.2) is 0 Å². The van der Waals surface area contributed by atoms with Gasteiger partial charge in [0.25, 0.3) is 5.91 Å².